The predicted octanol–water partition coefficient (Wildman–Crippen LogP) is 4.67. The summed E-state index contributed by atoms with van der Waals surface area (Å²) in [4.78, 5) is 4.59. The largest absolute Gasteiger partial charge is 0.378 e. The lowest BCUT2D eigenvalue weighted by atomic mass is 10.3. The highest BCUT2D eigenvalue weighted by molar-refractivity contribution is 9.10. The standard InChI is InChI=1S/C14H11BrN2S/c15-10-4-3-5-11(8-10)16-9-14-17-12-6-1-2-7-13(12)18-14/h1-8,16H,9H2. The number of aromatic nitrogens is 1. The Hall–Kier alpha value is -1.39. The van der Waals surface area contributed by atoms with Crippen LogP contribution in [-0.2, 0) is 6.54 Å². The molecular formula is C14H11BrN2S. The van der Waals surface area contributed by atoms with E-state index in [-0.39, 0.29) is 0 Å². The maximum absolute atomic E-state index is 4.59. The fraction of sp³-hybridized carbons (Fsp3) is 0.0714. The zero-order valence-corrected chi connectivity index (χ0v) is 12.0. The second-order valence-electron chi connectivity index (χ2n) is 3.94. The first kappa shape index (κ1) is 11.7. The maximum Gasteiger partial charge on any atom is 0.113 e. The van der Waals surface area contributed by atoms with Crippen molar-refractivity contribution < 1.29 is 0 Å². The third-order valence-electron chi connectivity index (χ3n) is 2.61. The average molecular weight is 319 g/mol. The van der Waals surface area contributed by atoms with E-state index in [0.717, 1.165) is 27.2 Å². The second-order valence-corrected chi connectivity index (χ2v) is 5.97. The minimum Gasteiger partial charge on any atom is -0.378 e. The van der Waals surface area contributed by atoms with Gasteiger partial charge >= 0.3 is 0 Å². The Morgan fingerprint density at radius 3 is 2.83 bits per heavy atom. The van der Waals surface area contributed by atoms with Crippen molar-refractivity contribution in [1.82, 2.24) is 4.98 Å². The summed E-state index contributed by atoms with van der Waals surface area (Å²) in [5.74, 6) is 0. The van der Waals surface area contributed by atoms with E-state index < -0.39 is 0 Å². The summed E-state index contributed by atoms with van der Waals surface area (Å²) in [6.45, 7) is 0.760. The molecule has 0 atom stereocenters. The molecule has 0 aliphatic carbocycles. The predicted molar refractivity (Wildman–Crippen MR) is 81.1 cm³/mol. The number of para-hydroxylation sites is 1. The Labute approximate surface area is 118 Å². The van der Waals surface area contributed by atoms with Crippen molar-refractivity contribution >= 4 is 43.2 Å². The summed E-state index contributed by atoms with van der Waals surface area (Å²) < 4.78 is 2.32. The normalized spacial score (nSPS) is 10.7. The van der Waals surface area contributed by atoms with Gasteiger partial charge in [0.2, 0.25) is 0 Å². The topological polar surface area (TPSA) is 24.9 Å². The summed E-state index contributed by atoms with van der Waals surface area (Å²) in [6.07, 6.45) is 0. The third-order valence-corrected chi connectivity index (χ3v) is 4.14. The quantitative estimate of drug-likeness (QED) is 0.759. The zero-order chi connectivity index (χ0) is 12.4. The van der Waals surface area contributed by atoms with Gasteiger partial charge in [-0.15, -0.1) is 11.3 Å². The van der Waals surface area contributed by atoms with Gasteiger partial charge in [0.25, 0.3) is 0 Å². The van der Waals surface area contributed by atoms with E-state index in [0.29, 0.717) is 0 Å². The van der Waals surface area contributed by atoms with Crippen LogP contribution in [0.25, 0.3) is 10.2 Å². The Balaban J connectivity index is 1.76. The molecule has 0 amide bonds. The highest BCUT2D eigenvalue weighted by Crippen LogP contribution is 2.23. The van der Waals surface area contributed by atoms with E-state index in [1.54, 1.807) is 11.3 Å². The number of fused-ring (bicyclic) bond motifs is 1. The molecule has 0 aliphatic heterocycles. The van der Waals surface area contributed by atoms with Crippen LogP contribution in [0.1, 0.15) is 5.01 Å². The van der Waals surface area contributed by atoms with Crippen molar-refractivity contribution in [3.05, 3.63) is 58.0 Å². The van der Waals surface area contributed by atoms with E-state index in [1.807, 2.05) is 24.3 Å². The monoisotopic (exact) mass is 318 g/mol. The first-order valence-corrected chi connectivity index (χ1v) is 7.26. The number of halogens is 1. The maximum atomic E-state index is 4.59. The summed E-state index contributed by atoms with van der Waals surface area (Å²) in [7, 11) is 0. The van der Waals surface area contributed by atoms with Crippen LogP contribution in [0.5, 0.6) is 0 Å². The van der Waals surface area contributed by atoms with Gasteiger partial charge in [0.15, 0.2) is 0 Å². The van der Waals surface area contributed by atoms with Gasteiger partial charge in [0.1, 0.15) is 5.01 Å². The van der Waals surface area contributed by atoms with Crippen LogP contribution in [0, 0.1) is 0 Å². The van der Waals surface area contributed by atoms with Gasteiger partial charge in [-0.05, 0) is 30.3 Å². The molecule has 3 rings (SSSR count). The van der Waals surface area contributed by atoms with Gasteiger partial charge in [-0.3, -0.25) is 0 Å². The summed E-state index contributed by atoms with van der Waals surface area (Å²) in [5, 5.41) is 4.49. The fourth-order valence-electron chi connectivity index (χ4n) is 1.77. The van der Waals surface area contributed by atoms with E-state index in [4.69, 9.17) is 0 Å². The smallest absolute Gasteiger partial charge is 0.113 e. The summed E-state index contributed by atoms with van der Waals surface area (Å²) >= 11 is 5.20. The number of thiazole rings is 1. The average Bonchev–Trinajstić information content (AvgIpc) is 2.79. The molecule has 0 fully saturated rings. The molecule has 0 radical (unpaired) electrons. The molecule has 4 heteroatoms. The van der Waals surface area contributed by atoms with Crippen LogP contribution in [-0.4, -0.2) is 4.98 Å². The Bertz CT molecular complexity index is 645. The number of benzene rings is 2. The molecule has 0 unspecified atom stereocenters. The van der Waals surface area contributed by atoms with Crippen molar-refractivity contribution in [1.29, 1.82) is 0 Å². The molecule has 0 saturated carbocycles. The number of anilines is 1. The van der Waals surface area contributed by atoms with E-state index in [1.165, 1.54) is 4.70 Å². The zero-order valence-electron chi connectivity index (χ0n) is 9.56. The van der Waals surface area contributed by atoms with E-state index in [2.05, 4.69) is 50.5 Å². The molecular weight excluding hydrogens is 308 g/mol. The molecule has 0 aliphatic rings. The van der Waals surface area contributed by atoms with Crippen LogP contribution in [0.4, 0.5) is 5.69 Å². The second kappa shape index (κ2) is 5.08. The van der Waals surface area contributed by atoms with Gasteiger partial charge in [-0.25, -0.2) is 4.98 Å². The lowest BCUT2D eigenvalue weighted by molar-refractivity contribution is 1.12. The van der Waals surface area contributed by atoms with Crippen molar-refractivity contribution in [2.75, 3.05) is 5.32 Å². The van der Waals surface area contributed by atoms with Gasteiger partial charge in [-0.1, -0.05) is 34.1 Å². The first-order chi connectivity index (χ1) is 8.81. The molecule has 18 heavy (non-hydrogen) atoms. The highest BCUT2D eigenvalue weighted by Gasteiger charge is 2.02. The third kappa shape index (κ3) is 2.54. The van der Waals surface area contributed by atoms with E-state index >= 15 is 0 Å². The van der Waals surface area contributed by atoms with Crippen molar-refractivity contribution in [3.8, 4) is 0 Å². The van der Waals surface area contributed by atoms with Gasteiger partial charge in [0.05, 0.1) is 16.8 Å². The van der Waals surface area contributed by atoms with Gasteiger partial charge in [-0.2, -0.15) is 0 Å². The Morgan fingerprint density at radius 2 is 2.00 bits per heavy atom. The van der Waals surface area contributed by atoms with Crippen molar-refractivity contribution in [2.24, 2.45) is 0 Å². The van der Waals surface area contributed by atoms with Crippen LogP contribution >= 0.6 is 27.3 Å². The minimum atomic E-state index is 0.760. The SMILES string of the molecule is Brc1cccc(NCc2nc3ccccc3s2)c1. The van der Waals surface area contributed by atoms with Crippen LogP contribution in [0.2, 0.25) is 0 Å². The lowest BCUT2D eigenvalue weighted by Gasteiger charge is -2.03. The number of rotatable bonds is 3. The van der Waals surface area contributed by atoms with Crippen molar-refractivity contribution in [3.63, 3.8) is 0 Å². The Morgan fingerprint density at radius 1 is 1.11 bits per heavy atom. The molecule has 1 N–H and O–H groups in total. The molecule has 1 heterocycles. The van der Waals surface area contributed by atoms with Crippen molar-refractivity contribution in [2.45, 2.75) is 6.54 Å². The van der Waals surface area contributed by atoms with E-state index in [9.17, 15) is 0 Å². The lowest BCUT2D eigenvalue weighted by Crippen LogP contribution is -1.98. The summed E-state index contributed by atoms with van der Waals surface area (Å²) in [6, 6.07) is 16.4. The molecule has 2 nitrogen and oxygen atoms in total. The van der Waals surface area contributed by atoms with Gasteiger partial charge in [0, 0.05) is 10.2 Å². The molecule has 2 aromatic carbocycles. The van der Waals surface area contributed by atoms with Crippen LogP contribution < -0.4 is 5.32 Å². The molecule has 3 aromatic rings. The Kier molecular flexibility index (Phi) is 3.30. The highest BCUT2D eigenvalue weighted by atomic mass is 79.9. The molecule has 90 valence electrons. The molecule has 1 aromatic heterocycles. The fourth-order valence-corrected chi connectivity index (χ4v) is 3.08. The molecule has 0 spiro atoms. The minimum absolute atomic E-state index is 0.760. The number of hydrogen-bond donors (Lipinski definition) is 1. The number of nitrogens with one attached hydrogen (secondary N) is 1. The van der Waals surface area contributed by atoms with Crippen LogP contribution in [0.15, 0.2) is 53.0 Å². The molecule has 0 saturated heterocycles. The number of hydrogen-bond acceptors (Lipinski definition) is 3. The van der Waals surface area contributed by atoms with Gasteiger partial charge < -0.3 is 5.32 Å². The molecule has 0 bridgehead atoms. The first-order valence-electron chi connectivity index (χ1n) is 5.65. The van der Waals surface area contributed by atoms with Crippen LogP contribution in [0.3, 0.4) is 0 Å². The number of nitrogens with zero attached hydrogens (tertiary/aromatic N) is 1. The summed E-state index contributed by atoms with van der Waals surface area (Å²) in [5.41, 5.74) is 2.18.